The van der Waals surface area contributed by atoms with Crippen molar-refractivity contribution in [2.45, 2.75) is 19.0 Å². The Kier molecular flexibility index (Phi) is 4.63. The maximum atomic E-state index is 12.3. The lowest BCUT2D eigenvalue weighted by Crippen LogP contribution is -2.42. The molecule has 6 heteroatoms. The molecule has 1 aromatic heterocycles. The molecule has 0 N–H and O–H groups in total. The summed E-state index contributed by atoms with van der Waals surface area (Å²) in [5, 5.41) is 0. The fourth-order valence-electron chi connectivity index (χ4n) is 2.33. The zero-order valence-corrected chi connectivity index (χ0v) is 10.6. The van der Waals surface area contributed by atoms with Gasteiger partial charge in [0.15, 0.2) is 0 Å². The zero-order valence-electron chi connectivity index (χ0n) is 10.6. The highest BCUT2D eigenvalue weighted by molar-refractivity contribution is 5.16. The van der Waals surface area contributed by atoms with Crippen molar-refractivity contribution in [2.75, 3.05) is 26.2 Å². The maximum absolute atomic E-state index is 12.3. The number of likely N-dealkylation sites (tertiary alicyclic amines) is 1. The van der Waals surface area contributed by atoms with Crippen LogP contribution in [0.2, 0.25) is 0 Å². The normalized spacial score (nSPS) is 21.3. The quantitative estimate of drug-likeness (QED) is 0.844. The second kappa shape index (κ2) is 6.23. The Bertz CT molecular complexity index is 383. The van der Waals surface area contributed by atoms with Gasteiger partial charge in [-0.05, 0) is 31.5 Å². The summed E-state index contributed by atoms with van der Waals surface area (Å²) >= 11 is 0. The highest BCUT2D eigenvalue weighted by atomic mass is 19.4. The molecule has 1 fully saturated rings. The molecule has 1 aliphatic heterocycles. The highest BCUT2D eigenvalue weighted by Gasteiger charge is 2.33. The Hall–Kier alpha value is -1.30. The Morgan fingerprint density at radius 1 is 1.32 bits per heavy atom. The van der Waals surface area contributed by atoms with E-state index in [1.807, 2.05) is 0 Å². The number of aromatic nitrogens is 1. The summed E-state index contributed by atoms with van der Waals surface area (Å²) < 4.78 is 42.6. The average Bonchev–Trinajstić information content (AvgIpc) is 2.36. The first-order valence-corrected chi connectivity index (χ1v) is 6.35. The fraction of sp³-hybridized carbons (Fsp3) is 0.615. The molecule has 1 aliphatic rings. The van der Waals surface area contributed by atoms with Gasteiger partial charge < -0.3 is 4.74 Å². The van der Waals surface area contributed by atoms with E-state index in [-0.39, 0.29) is 5.92 Å². The van der Waals surface area contributed by atoms with E-state index in [0.717, 1.165) is 12.8 Å². The number of rotatable bonds is 4. The summed E-state index contributed by atoms with van der Waals surface area (Å²) in [7, 11) is 0. The van der Waals surface area contributed by atoms with E-state index < -0.39 is 12.7 Å². The molecule has 0 radical (unpaired) electrons. The molecule has 2 rings (SSSR count). The lowest BCUT2D eigenvalue weighted by atomic mass is 9.99. The van der Waals surface area contributed by atoms with Gasteiger partial charge in [-0.3, -0.25) is 9.88 Å². The van der Waals surface area contributed by atoms with Crippen LogP contribution in [-0.4, -0.2) is 42.3 Å². The van der Waals surface area contributed by atoms with Crippen LogP contribution in [0, 0.1) is 5.92 Å². The molecule has 1 aromatic rings. The number of alkyl halides is 3. The predicted octanol–water partition coefficient (Wildman–Crippen LogP) is 2.73. The number of pyridine rings is 1. The van der Waals surface area contributed by atoms with E-state index >= 15 is 0 Å². The summed E-state index contributed by atoms with van der Waals surface area (Å²) in [6, 6.07) is 3.49. The smallest absolute Gasteiger partial charge is 0.401 e. The molecule has 0 spiro atoms. The van der Waals surface area contributed by atoms with Gasteiger partial charge in [0, 0.05) is 24.9 Å². The molecule has 0 amide bonds. The minimum Gasteiger partial charge on any atom is -0.493 e. The molecule has 2 heterocycles. The van der Waals surface area contributed by atoms with Crippen LogP contribution in [0.4, 0.5) is 13.2 Å². The lowest BCUT2D eigenvalue weighted by Gasteiger charge is -2.32. The van der Waals surface area contributed by atoms with E-state index in [2.05, 4.69) is 4.98 Å². The maximum Gasteiger partial charge on any atom is 0.401 e. The Morgan fingerprint density at radius 3 is 2.74 bits per heavy atom. The van der Waals surface area contributed by atoms with E-state index in [4.69, 9.17) is 4.74 Å². The average molecular weight is 274 g/mol. The number of hydrogen-bond acceptors (Lipinski definition) is 3. The molecular weight excluding hydrogens is 257 g/mol. The monoisotopic (exact) mass is 274 g/mol. The Morgan fingerprint density at radius 2 is 2.05 bits per heavy atom. The topological polar surface area (TPSA) is 25.4 Å². The van der Waals surface area contributed by atoms with Crippen LogP contribution in [0.15, 0.2) is 24.5 Å². The van der Waals surface area contributed by atoms with Crippen molar-refractivity contribution in [3.8, 4) is 5.75 Å². The Labute approximate surface area is 110 Å². The van der Waals surface area contributed by atoms with Crippen molar-refractivity contribution < 1.29 is 17.9 Å². The minimum absolute atomic E-state index is 0.157. The number of hydrogen-bond donors (Lipinski definition) is 0. The summed E-state index contributed by atoms with van der Waals surface area (Å²) in [6.07, 6.45) is 0.853. The van der Waals surface area contributed by atoms with E-state index in [0.29, 0.717) is 25.4 Å². The van der Waals surface area contributed by atoms with Crippen molar-refractivity contribution in [2.24, 2.45) is 5.92 Å². The summed E-state index contributed by atoms with van der Waals surface area (Å²) in [5.74, 6) is 0.868. The number of ether oxygens (including phenoxy) is 1. The van der Waals surface area contributed by atoms with Crippen LogP contribution < -0.4 is 4.74 Å². The summed E-state index contributed by atoms with van der Waals surface area (Å²) in [4.78, 5) is 5.34. The number of piperidine rings is 1. The largest absolute Gasteiger partial charge is 0.493 e. The van der Waals surface area contributed by atoms with Gasteiger partial charge >= 0.3 is 6.18 Å². The molecule has 0 saturated carbocycles. The van der Waals surface area contributed by atoms with Crippen LogP contribution >= 0.6 is 0 Å². The third kappa shape index (κ3) is 5.06. The summed E-state index contributed by atoms with van der Waals surface area (Å²) in [5.41, 5.74) is 0. The van der Waals surface area contributed by atoms with Crippen LogP contribution in [-0.2, 0) is 0 Å². The van der Waals surface area contributed by atoms with Gasteiger partial charge in [0.2, 0.25) is 0 Å². The summed E-state index contributed by atoms with van der Waals surface area (Å²) in [6.45, 7) is 0.604. The van der Waals surface area contributed by atoms with Crippen LogP contribution in [0.3, 0.4) is 0 Å². The van der Waals surface area contributed by atoms with Gasteiger partial charge in [0.05, 0.1) is 13.2 Å². The molecule has 1 saturated heterocycles. The fourth-order valence-corrected chi connectivity index (χ4v) is 2.33. The molecule has 106 valence electrons. The first-order valence-electron chi connectivity index (χ1n) is 6.35. The molecule has 0 aromatic carbocycles. The SMILES string of the molecule is FC(F)(F)CN1CCCC(COc2ccncc2)C1. The first kappa shape index (κ1) is 14.1. The highest BCUT2D eigenvalue weighted by Crippen LogP contribution is 2.23. The third-order valence-electron chi connectivity index (χ3n) is 3.14. The van der Waals surface area contributed by atoms with Gasteiger partial charge in [0.25, 0.3) is 0 Å². The van der Waals surface area contributed by atoms with Gasteiger partial charge in [-0.1, -0.05) is 0 Å². The van der Waals surface area contributed by atoms with Crippen LogP contribution in [0.1, 0.15) is 12.8 Å². The zero-order chi connectivity index (χ0) is 13.7. The molecular formula is C13H17F3N2O. The van der Waals surface area contributed by atoms with Crippen LogP contribution in [0.5, 0.6) is 5.75 Å². The molecule has 3 nitrogen and oxygen atoms in total. The molecule has 0 bridgehead atoms. The second-order valence-corrected chi connectivity index (χ2v) is 4.85. The third-order valence-corrected chi connectivity index (χ3v) is 3.14. The van der Waals surface area contributed by atoms with Crippen molar-refractivity contribution >= 4 is 0 Å². The van der Waals surface area contributed by atoms with Crippen molar-refractivity contribution in [1.82, 2.24) is 9.88 Å². The van der Waals surface area contributed by atoms with Gasteiger partial charge in [0.1, 0.15) is 5.75 Å². The van der Waals surface area contributed by atoms with E-state index in [1.165, 1.54) is 4.90 Å². The molecule has 19 heavy (non-hydrogen) atoms. The molecule has 1 atom stereocenters. The predicted molar refractivity (Wildman–Crippen MR) is 65.0 cm³/mol. The van der Waals surface area contributed by atoms with Gasteiger partial charge in [-0.2, -0.15) is 13.2 Å². The van der Waals surface area contributed by atoms with Crippen molar-refractivity contribution in [1.29, 1.82) is 0 Å². The molecule has 0 aliphatic carbocycles. The van der Waals surface area contributed by atoms with Crippen molar-refractivity contribution in [3.63, 3.8) is 0 Å². The second-order valence-electron chi connectivity index (χ2n) is 4.85. The van der Waals surface area contributed by atoms with E-state index in [9.17, 15) is 13.2 Å². The Balaban J connectivity index is 1.78. The standard InChI is InChI=1S/C13H17F3N2O/c14-13(15,16)10-18-7-1-2-11(8-18)9-19-12-3-5-17-6-4-12/h3-6,11H,1-2,7-10H2. The van der Waals surface area contributed by atoms with Crippen molar-refractivity contribution in [3.05, 3.63) is 24.5 Å². The lowest BCUT2D eigenvalue weighted by molar-refractivity contribution is -0.149. The molecule has 1 unspecified atom stereocenters. The van der Waals surface area contributed by atoms with E-state index in [1.54, 1.807) is 24.5 Å². The first-order chi connectivity index (χ1) is 9.03. The van der Waals surface area contributed by atoms with Gasteiger partial charge in [-0.15, -0.1) is 0 Å². The van der Waals surface area contributed by atoms with Gasteiger partial charge in [-0.25, -0.2) is 0 Å². The minimum atomic E-state index is -4.12. The number of halogens is 3. The van der Waals surface area contributed by atoms with Crippen LogP contribution in [0.25, 0.3) is 0 Å². The number of nitrogens with zero attached hydrogens (tertiary/aromatic N) is 2.